The van der Waals surface area contributed by atoms with Gasteiger partial charge in [0.15, 0.2) is 0 Å². The van der Waals surface area contributed by atoms with Gasteiger partial charge in [-0.1, -0.05) is 0 Å². The van der Waals surface area contributed by atoms with Crippen LogP contribution in [0.3, 0.4) is 0 Å². The average Bonchev–Trinajstić information content (AvgIpc) is 2.07. The first-order valence-electron chi connectivity index (χ1n) is 4.49. The molecule has 2 nitrogen and oxygen atoms in total. The third kappa shape index (κ3) is 1.73. The van der Waals surface area contributed by atoms with Gasteiger partial charge in [0.25, 0.3) is 0 Å². The third-order valence-corrected chi connectivity index (χ3v) is 3.15. The highest BCUT2D eigenvalue weighted by molar-refractivity contribution is 5.85. The molecule has 0 N–H and O–H groups in total. The lowest BCUT2D eigenvalue weighted by Gasteiger charge is -2.44. The van der Waals surface area contributed by atoms with Crippen molar-refractivity contribution < 1.29 is 0 Å². The van der Waals surface area contributed by atoms with Gasteiger partial charge in [0.2, 0.25) is 0 Å². The van der Waals surface area contributed by atoms with Gasteiger partial charge in [-0.25, -0.2) is 0 Å². The van der Waals surface area contributed by atoms with Gasteiger partial charge >= 0.3 is 0 Å². The largest absolute Gasteiger partial charge is 0.303 e. The zero-order valence-electron chi connectivity index (χ0n) is 7.20. The molecule has 0 spiro atoms. The summed E-state index contributed by atoms with van der Waals surface area (Å²) in [7, 11) is 0. The van der Waals surface area contributed by atoms with Gasteiger partial charge in [-0.05, 0) is 37.8 Å². The van der Waals surface area contributed by atoms with E-state index in [0.717, 1.165) is 12.3 Å². The van der Waals surface area contributed by atoms with Gasteiger partial charge in [0, 0.05) is 13.0 Å². The second kappa shape index (κ2) is 4.11. The number of fused-ring (bicyclic) bond motifs is 3. The fourth-order valence-corrected chi connectivity index (χ4v) is 2.44. The zero-order valence-corrected chi connectivity index (χ0v) is 8.02. The molecule has 0 saturated carbocycles. The maximum Gasteiger partial charge on any atom is 0.0625 e. The van der Waals surface area contributed by atoms with E-state index in [1.165, 1.54) is 32.5 Å². The van der Waals surface area contributed by atoms with Crippen LogP contribution in [-0.2, 0) is 0 Å². The van der Waals surface area contributed by atoms with Crippen LogP contribution >= 0.6 is 12.4 Å². The predicted octanol–water partition coefficient (Wildman–Crippen LogP) is 1.66. The number of rotatable bonds is 1. The van der Waals surface area contributed by atoms with Crippen molar-refractivity contribution >= 4 is 12.4 Å². The van der Waals surface area contributed by atoms with Crippen LogP contribution in [0.4, 0.5) is 0 Å². The monoisotopic (exact) mass is 186 g/mol. The molecule has 0 amide bonds. The van der Waals surface area contributed by atoms with Crippen molar-refractivity contribution in [3.05, 3.63) is 0 Å². The summed E-state index contributed by atoms with van der Waals surface area (Å²) in [6.07, 6.45) is 3.46. The summed E-state index contributed by atoms with van der Waals surface area (Å²) in [6, 6.07) is 2.30. The Kier molecular flexibility index (Phi) is 3.37. The number of nitriles is 1. The molecule has 3 rings (SSSR count). The molecule has 0 radical (unpaired) electrons. The maximum absolute atomic E-state index is 8.58. The van der Waals surface area contributed by atoms with Crippen LogP contribution in [0.25, 0.3) is 0 Å². The average molecular weight is 187 g/mol. The van der Waals surface area contributed by atoms with Gasteiger partial charge in [-0.15, -0.1) is 12.4 Å². The van der Waals surface area contributed by atoms with E-state index in [0.29, 0.717) is 5.92 Å². The molecular formula is C9H15ClN2. The van der Waals surface area contributed by atoms with Crippen LogP contribution in [0.15, 0.2) is 0 Å². The second-order valence-electron chi connectivity index (χ2n) is 3.76. The summed E-state index contributed by atoms with van der Waals surface area (Å²) < 4.78 is 0. The van der Waals surface area contributed by atoms with Gasteiger partial charge in [0.1, 0.15) is 0 Å². The Morgan fingerprint density at radius 2 is 2.00 bits per heavy atom. The molecule has 3 heteroatoms. The van der Waals surface area contributed by atoms with E-state index >= 15 is 0 Å². The molecule has 3 saturated heterocycles. The molecular weight excluding hydrogens is 172 g/mol. The predicted molar refractivity (Wildman–Crippen MR) is 50.1 cm³/mol. The molecule has 0 aromatic carbocycles. The van der Waals surface area contributed by atoms with Crippen LogP contribution in [0.2, 0.25) is 0 Å². The second-order valence-corrected chi connectivity index (χ2v) is 3.76. The third-order valence-electron chi connectivity index (χ3n) is 3.15. The Morgan fingerprint density at radius 1 is 1.33 bits per heavy atom. The summed E-state index contributed by atoms with van der Waals surface area (Å²) in [5, 5.41) is 8.58. The molecule has 1 atom stereocenters. The minimum atomic E-state index is 0. The lowest BCUT2D eigenvalue weighted by molar-refractivity contribution is 0.0534. The number of halogens is 1. The van der Waals surface area contributed by atoms with Crippen LogP contribution in [0, 0.1) is 23.2 Å². The highest BCUT2D eigenvalue weighted by Gasteiger charge is 2.33. The van der Waals surface area contributed by atoms with E-state index in [-0.39, 0.29) is 12.4 Å². The number of nitrogens with zero attached hydrogens (tertiary/aromatic N) is 2. The Hall–Kier alpha value is -0.260. The van der Waals surface area contributed by atoms with E-state index in [1.54, 1.807) is 0 Å². The van der Waals surface area contributed by atoms with Crippen molar-refractivity contribution in [2.24, 2.45) is 11.8 Å². The number of piperidine rings is 3. The van der Waals surface area contributed by atoms with E-state index in [9.17, 15) is 0 Å². The summed E-state index contributed by atoms with van der Waals surface area (Å²) >= 11 is 0. The van der Waals surface area contributed by atoms with Gasteiger partial charge in [0.05, 0.1) is 6.07 Å². The van der Waals surface area contributed by atoms with Crippen LogP contribution in [-0.4, -0.2) is 24.5 Å². The molecule has 3 aliphatic heterocycles. The van der Waals surface area contributed by atoms with Crippen molar-refractivity contribution in [2.45, 2.75) is 19.3 Å². The fraction of sp³-hybridized carbons (Fsp3) is 0.889. The smallest absolute Gasteiger partial charge is 0.0625 e. The summed E-state index contributed by atoms with van der Waals surface area (Å²) in [6.45, 7) is 3.76. The lowest BCUT2D eigenvalue weighted by Crippen LogP contribution is -2.47. The summed E-state index contributed by atoms with van der Waals surface area (Å²) in [4.78, 5) is 2.50. The van der Waals surface area contributed by atoms with E-state index in [2.05, 4.69) is 11.0 Å². The van der Waals surface area contributed by atoms with E-state index < -0.39 is 0 Å². The molecule has 68 valence electrons. The molecule has 1 unspecified atom stereocenters. The fourth-order valence-electron chi connectivity index (χ4n) is 2.44. The Morgan fingerprint density at radius 3 is 2.42 bits per heavy atom. The topological polar surface area (TPSA) is 27.0 Å². The van der Waals surface area contributed by atoms with Crippen molar-refractivity contribution in [3.63, 3.8) is 0 Å². The molecule has 0 aromatic heterocycles. The Bertz CT molecular complexity index is 179. The van der Waals surface area contributed by atoms with Gasteiger partial charge in [-0.3, -0.25) is 0 Å². The zero-order chi connectivity index (χ0) is 7.68. The number of hydrogen-bond donors (Lipinski definition) is 0. The van der Waals surface area contributed by atoms with Crippen molar-refractivity contribution in [3.8, 4) is 6.07 Å². The van der Waals surface area contributed by atoms with Gasteiger partial charge in [-0.2, -0.15) is 5.26 Å². The Labute approximate surface area is 80.0 Å². The summed E-state index contributed by atoms with van der Waals surface area (Å²) in [5.41, 5.74) is 0. The van der Waals surface area contributed by atoms with E-state index in [4.69, 9.17) is 5.26 Å². The van der Waals surface area contributed by atoms with Crippen molar-refractivity contribution in [1.29, 1.82) is 5.26 Å². The molecule has 0 aliphatic carbocycles. The molecule has 2 bridgehead atoms. The quantitative estimate of drug-likeness (QED) is 0.623. The first-order valence-corrected chi connectivity index (χ1v) is 4.49. The molecule has 3 heterocycles. The Balaban J connectivity index is 0.000000720. The first-order chi connectivity index (χ1) is 5.40. The minimum Gasteiger partial charge on any atom is -0.303 e. The summed E-state index contributed by atoms with van der Waals surface area (Å²) in [5.74, 6) is 1.57. The SMILES string of the molecule is Cl.N#CCC1CN2CCC1CC2. The van der Waals surface area contributed by atoms with Crippen LogP contribution in [0.5, 0.6) is 0 Å². The minimum absolute atomic E-state index is 0. The van der Waals surface area contributed by atoms with E-state index in [1.807, 2.05) is 0 Å². The normalized spacial score (nSPS) is 38.4. The maximum atomic E-state index is 8.58. The highest BCUT2D eigenvalue weighted by atomic mass is 35.5. The molecule has 3 aliphatic rings. The van der Waals surface area contributed by atoms with Crippen LogP contribution in [0.1, 0.15) is 19.3 Å². The molecule has 0 aromatic rings. The van der Waals surface area contributed by atoms with Crippen LogP contribution < -0.4 is 0 Å². The van der Waals surface area contributed by atoms with Crippen molar-refractivity contribution in [2.75, 3.05) is 19.6 Å². The first kappa shape index (κ1) is 9.83. The lowest BCUT2D eigenvalue weighted by atomic mass is 9.78. The van der Waals surface area contributed by atoms with Crippen molar-refractivity contribution in [1.82, 2.24) is 4.90 Å². The number of hydrogen-bond acceptors (Lipinski definition) is 2. The molecule has 3 fully saturated rings. The van der Waals surface area contributed by atoms with Gasteiger partial charge < -0.3 is 4.90 Å². The highest BCUT2D eigenvalue weighted by Crippen LogP contribution is 2.33. The molecule has 12 heavy (non-hydrogen) atoms. The standard InChI is InChI=1S/C9H14N2.ClH/c10-4-1-9-7-11-5-2-8(9)3-6-11;/h8-9H,1-3,5-7H2;1H.